The largest absolute Gasteiger partial charge is 0.343 e. The highest BCUT2D eigenvalue weighted by atomic mass is 79.9. The predicted molar refractivity (Wildman–Crippen MR) is 82.1 cm³/mol. The summed E-state index contributed by atoms with van der Waals surface area (Å²) in [5.74, 6) is -0.349. The van der Waals surface area contributed by atoms with Gasteiger partial charge in [-0.15, -0.1) is 0 Å². The van der Waals surface area contributed by atoms with Crippen LogP contribution in [0.3, 0.4) is 0 Å². The van der Waals surface area contributed by atoms with E-state index < -0.39 is 0 Å². The summed E-state index contributed by atoms with van der Waals surface area (Å²) in [7, 11) is 0. The zero-order chi connectivity index (χ0) is 14.4. The SMILES string of the molecule is CCN(CC)C(=O)CNC(=O)c1cc(Br)ccc1Br. The number of benzene rings is 1. The molecule has 6 heteroatoms. The molecular formula is C13H16Br2N2O2. The number of nitrogens with one attached hydrogen (secondary N) is 1. The molecule has 0 unspecified atom stereocenters. The molecule has 0 fully saturated rings. The van der Waals surface area contributed by atoms with Crippen LogP contribution in [-0.4, -0.2) is 36.3 Å². The van der Waals surface area contributed by atoms with Gasteiger partial charge in [0.25, 0.3) is 5.91 Å². The van der Waals surface area contributed by atoms with Crippen molar-refractivity contribution in [1.82, 2.24) is 10.2 Å². The van der Waals surface area contributed by atoms with Crippen molar-refractivity contribution in [1.29, 1.82) is 0 Å². The van der Waals surface area contributed by atoms with Gasteiger partial charge in [0, 0.05) is 22.0 Å². The highest BCUT2D eigenvalue weighted by molar-refractivity contribution is 9.11. The maximum Gasteiger partial charge on any atom is 0.252 e. The smallest absolute Gasteiger partial charge is 0.252 e. The van der Waals surface area contributed by atoms with Gasteiger partial charge in [0.05, 0.1) is 12.1 Å². The lowest BCUT2D eigenvalue weighted by Crippen LogP contribution is -2.40. The van der Waals surface area contributed by atoms with E-state index in [0.717, 1.165) is 4.47 Å². The Morgan fingerprint density at radius 1 is 1.21 bits per heavy atom. The average molecular weight is 392 g/mol. The van der Waals surface area contributed by atoms with Crippen LogP contribution in [-0.2, 0) is 4.79 Å². The minimum atomic E-state index is -0.270. The van der Waals surface area contributed by atoms with Gasteiger partial charge in [-0.3, -0.25) is 9.59 Å². The minimum absolute atomic E-state index is 0.0134. The monoisotopic (exact) mass is 390 g/mol. The van der Waals surface area contributed by atoms with Crippen molar-refractivity contribution in [3.63, 3.8) is 0 Å². The molecule has 2 amide bonds. The Bertz CT molecular complexity index is 474. The molecule has 0 atom stereocenters. The highest BCUT2D eigenvalue weighted by Gasteiger charge is 2.14. The Kier molecular flexibility index (Phi) is 6.51. The number of rotatable bonds is 5. The molecule has 1 aromatic carbocycles. The van der Waals surface area contributed by atoms with Crippen molar-refractivity contribution < 1.29 is 9.59 Å². The average Bonchev–Trinajstić information content (AvgIpc) is 2.40. The van der Waals surface area contributed by atoms with Crippen molar-refractivity contribution in [2.24, 2.45) is 0 Å². The normalized spacial score (nSPS) is 10.1. The third kappa shape index (κ3) is 4.62. The molecule has 4 nitrogen and oxygen atoms in total. The Hall–Kier alpha value is -0.880. The second-order valence-electron chi connectivity index (χ2n) is 3.87. The number of hydrogen-bond acceptors (Lipinski definition) is 2. The number of nitrogens with zero attached hydrogens (tertiary/aromatic N) is 1. The number of carbonyl (C=O) groups is 2. The third-order valence-corrected chi connectivity index (χ3v) is 3.87. The van der Waals surface area contributed by atoms with Gasteiger partial charge in [0.1, 0.15) is 0 Å². The van der Waals surface area contributed by atoms with Gasteiger partial charge in [-0.05, 0) is 48.0 Å². The van der Waals surface area contributed by atoms with Crippen molar-refractivity contribution in [3.05, 3.63) is 32.7 Å². The molecule has 0 saturated heterocycles. The van der Waals surface area contributed by atoms with Crippen LogP contribution in [0.4, 0.5) is 0 Å². The molecule has 0 aliphatic rings. The fraction of sp³-hybridized carbons (Fsp3) is 0.385. The van der Waals surface area contributed by atoms with Crippen molar-refractivity contribution in [3.8, 4) is 0 Å². The van der Waals surface area contributed by atoms with Gasteiger partial charge < -0.3 is 10.2 Å². The molecule has 0 aromatic heterocycles. The predicted octanol–water partition coefficient (Wildman–Crippen LogP) is 2.81. The van der Waals surface area contributed by atoms with E-state index in [1.807, 2.05) is 19.9 Å². The van der Waals surface area contributed by atoms with Crippen molar-refractivity contribution in [2.75, 3.05) is 19.6 Å². The summed E-state index contributed by atoms with van der Waals surface area (Å²) in [4.78, 5) is 25.4. The van der Waals surface area contributed by atoms with Crippen LogP contribution in [0.2, 0.25) is 0 Å². The first-order valence-electron chi connectivity index (χ1n) is 6.00. The van der Waals surface area contributed by atoms with Gasteiger partial charge >= 0.3 is 0 Å². The molecule has 1 aromatic rings. The Labute approximate surface area is 129 Å². The number of likely N-dealkylation sites (N-methyl/N-ethyl adjacent to an activating group) is 1. The molecule has 1 rings (SSSR count). The summed E-state index contributed by atoms with van der Waals surface area (Å²) in [5, 5.41) is 2.63. The summed E-state index contributed by atoms with van der Waals surface area (Å²) >= 11 is 6.63. The fourth-order valence-corrected chi connectivity index (χ4v) is 2.40. The molecule has 104 valence electrons. The number of hydrogen-bond donors (Lipinski definition) is 1. The zero-order valence-electron chi connectivity index (χ0n) is 10.9. The lowest BCUT2D eigenvalue weighted by Gasteiger charge is -2.18. The van der Waals surface area contributed by atoms with E-state index >= 15 is 0 Å². The summed E-state index contributed by atoms with van der Waals surface area (Å²) in [6.45, 7) is 5.12. The molecule has 0 saturated carbocycles. The number of halogens is 2. The second-order valence-corrected chi connectivity index (χ2v) is 5.64. The zero-order valence-corrected chi connectivity index (χ0v) is 14.0. The van der Waals surface area contributed by atoms with Gasteiger partial charge in [-0.1, -0.05) is 15.9 Å². The summed E-state index contributed by atoms with van der Waals surface area (Å²) in [6, 6.07) is 5.33. The van der Waals surface area contributed by atoms with Crippen LogP contribution in [0.15, 0.2) is 27.1 Å². The van der Waals surface area contributed by atoms with E-state index in [-0.39, 0.29) is 18.4 Å². The molecular weight excluding hydrogens is 376 g/mol. The summed E-state index contributed by atoms with van der Waals surface area (Å²) < 4.78 is 1.51. The lowest BCUT2D eigenvalue weighted by molar-refractivity contribution is -0.129. The minimum Gasteiger partial charge on any atom is -0.343 e. The van der Waals surface area contributed by atoms with Gasteiger partial charge in [0.15, 0.2) is 0 Å². The van der Waals surface area contributed by atoms with Gasteiger partial charge in [0.2, 0.25) is 5.91 Å². The quantitative estimate of drug-likeness (QED) is 0.838. The first kappa shape index (κ1) is 16.2. The molecule has 19 heavy (non-hydrogen) atoms. The molecule has 1 N–H and O–H groups in total. The standard InChI is InChI=1S/C13H16Br2N2O2/c1-3-17(4-2)12(18)8-16-13(19)10-7-9(14)5-6-11(10)15/h5-7H,3-4,8H2,1-2H3,(H,16,19). The first-order valence-corrected chi connectivity index (χ1v) is 7.59. The second kappa shape index (κ2) is 7.65. The molecule has 0 spiro atoms. The van der Waals surface area contributed by atoms with Crippen LogP contribution >= 0.6 is 31.9 Å². The maximum atomic E-state index is 12.0. The Balaban J connectivity index is 2.65. The van der Waals surface area contributed by atoms with Gasteiger partial charge in [-0.25, -0.2) is 0 Å². The third-order valence-electron chi connectivity index (χ3n) is 2.69. The van der Waals surface area contributed by atoms with Crippen LogP contribution in [0.1, 0.15) is 24.2 Å². The summed E-state index contributed by atoms with van der Waals surface area (Å²) in [6.07, 6.45) is 0. The van der Waals surface area contributed by atoms with Crippen LogP contribution in [0.5, 0.6) is 0 Å². The van der Waals surface area contributed by atoms with Gasteiger partial charge in [-0.2, -0.15) is 0 Å². The molecule has 0 aliphatic carbocycles. The van der Waals surface area contributed by atoms with E-state index in [1.165, 1.54) is 0 Å². The number of carbonyl (C=O) groups excluding carboxylic acids is 2. The fourth-order valence-electron chi connectivity index (χ4n) is 1.61. The van der Waals surface area contributed by atoms with E-state index in [9.17, 15) is 9.59 Å². The van der Waals surface area contributed by atoms with Crippen LogP contribution in [0.25, 0.3) is 0 Å². The van der Waals surface area contributed by atoms with Crippen LogP contribution < -0.4 is 5.32 Å². The highest BCUT2D eigenvalue weighted by Crippen LogP contribution is 2.21. The summed E-state index contributed by atoms with van der Waals surface area (Å²) in [5.41, 5.74) is 0.502. The molecule has 0 aliphatic heterocycles. The number of amides is 2. The first-order chi connectivity index (χ1) is 8.99. The Morgan fingerprint density at radius 3 is 2.42 bits per heavy atom. The molecule has 0 bridgehead atoms. The topological polar surface area (TPSA) is 49.4 Å². The van der Waals surface area contributed by atoms with Crippen LogP contribution in [0, 0.1) is 0 Å². The molecule has 0 heterocycles. The maximum absolute atomic E-state index is 12.0. The van der Waals surface area contributed by atoms with Crippen molar-refractivity contribution >= 4 is 43.7 Å². The molecule has 0 radical (unpaired) electrons. The Morgan fingerprint density at radius 2 is 1.84 bits per heavy atom. The van der Waals surface area contributed by atoms with E-state index in [1.54, 1.807) is 17.0 Å². The van der Waals surface area contributed by atoms with Crippen molar-refractivity contribution in [2.45, 2.75) is 13.8 Å². The lowest BCUT2D eigenvalue weighted by atomic mass is 10.2. The van der Waals surface area contributed by atoms with E-state index in [2.05, 4.69) is 37.2 Å². The van der Waals surface area contributed by atoms with E-state index in [4.69, 9.17) is 0 Å². The van der Waals surface area contributed by atoms with E-state index in [0.29, 0.717) is 23.1 Å².